The van der Waals surface area contributed by atoms with Crippen LogP contribution in [0.5, 0.6) is 0 Å². The molecular formula is C20H42O2S. The van der Waals surface area contributed by atoms with E-state index in [1.165, 1.54) is 0 Å². The first-order chi connectivity index (χ1) is 10.3. The zero-order chi connectivity index (χ0) is 18.3. The van der Waals surface area contributed by atoms with Gasteiger partial charge in [0, 0.05) is 0 Å². The van der Waals surface area contributed by atoms with Gasteiger partial charge in [0.25, 0.3) is 0 Å². The summed E-state index contributed by atoms with van der Waals surface area (Å²) >= 11 is 1.96. The molecule has 4 unspecified atom stereocenters. The Balaban J connectivity index is 3.84. The summed E-state index contributed by atoms with van der Waals surface area (Å²) in [6.45, 7) is 17.4. The molecule has 2 nitrogen and oxygen atoms in total. The van der Waals surface area contributed by atoms with E-state index in [1.807, 2.05) is 11.8 Å². The minimum Gasteiger partial charge on any atom is -0.393 e. The van der Waals surface area contributed by atoms with Crippen LogP contribution in [0, 0.1) is 22.7 Å². The van der Waals surface area contributed by atoms with Gasteiger partial charge in [0.2, 0.25) is 0 Å². The molecule has 140 valence electrons. The second-order valence-corrected chi connectivity index (χ2v) is 11.0. The van der Waals surface area contributed by atoms with Gasteiger partial charge in [-0.15, -0.1) is 0 Å². The van der Waals surface area contributed by atoms with Crippen molar-refractivity contribution in [2.75, 3.05) is 11.5 Å². The van der Waals surface area contributed by atoms with Crippen LogP contribution in [-0.2, 0) is 0 Å². The lowest BCUT2D eigenvalue weighted by Gasteiger charge is -2.27. The average molecular weight is 347 g/mol. The molecule has 0 aliphatic heterocycles. The van der Waals surface area contributed by atoms with E-state index in [2.05, 4.69) is 55.4 Å². The highest BCUT2D eigenvalue weighted by atomic mass is 32.2. The van der Waals surface area contributed by atoms with Crippen LogP contribution in [0.2, 0.25) is 0 Å². The third kappa shape index (κ3) is 13.3. The van der Waals surface area contributed by atoms with Gasteiger partial charge < -0.3 is 10.2 Å². The maximum Gasteiger partial charge on any atom is 0.0571 e. The summed E-state index contributed by atoms with van der Waals surface area (Å²) in [5.74, 6) is 2.94. The van der Waals surface area contributed by atoms with Crippen molar-refractivity contribution in [2.45, 2.75) is 93.3 Å². The lowest BCUT2D eigenvalue weighted by atomic mass is 9.84. The van der Waals surface area contributed by atoms with Crippen molar-refractivity contribution < 1.29 is 10.2 Å². The van der Waals surface area contributed by atoms with Gasteiger partial charge in [0.15, 0.2) is 0 Å². The van der Waals surface area contributed by atoms with Crippen molar-refractivity contribution >= 4 is 11.8 Å². The summed E-state index contributed by atoms with van der Waals surface area (Å²) in [6.07, 6.45) is 3.50. The Hall–Kier alpha value is 0.270. The molecule has 0 aliphatic rings. The normalized spacial score (nSPS) is 18.5. The van der Waals surface area contributed by atoms with Crippen LogP contribution in [0.1, 0.15) is 81.1 Å². The Morgan fingerprint density at radius 3 is 1.26 bits per heavy atom. The molecule has 0 amide bonds. The molecule has 0 radical (unpaired) electrons. The molecule has 0 aromatic heterocycles. The van der Waals surface area contributed by atoms with Gasteiger partial charge in [-0.1, -0.05) is 55.4 Å². The van der Waals surface area contributed by atoms with Gasteiger partial charge in [-0.25, -0.2) is 0 Å². The Morgan fingerprint density at radius 1 is 0.696 bits per heavy atom. The SMILES string of the molecule is CC(CCSCCC(C)C(O)CC(C)(C)C)C(O)CC(C)(C)C. The van der Waals surface area contributed by atoms with Crippen LogP contribution in [0.25, 0.3) is 0 Å². The van der Waals surface area contributed by atoms with Crippen LogP contribution >= 0.6 is 11.8 Å². The van der Waals surface area contributed by atoms with E-state index < -0.39 is 0 Å². The van der Waals surface area contributed by atoms with Crippen LogP contribution < -0.4 is 0 Å². The molecule has 0 spiro atoms. The maximum absolute atomic E-state index is 10.2. The Morgan fingerprint density at radius 2 is 1.00 bits per heavy atom. The van der Waals surface area contributed by atoms with Gasteiger partial charge >= 0.3 is 0 Å². The van der Waals surface area contributed by atoms with E-state index in [1.54, 1.807) is 0 Å². The molecule has 2 N–H and O–H groups in total. The molecular weight excluding hydrogens is 304 g/mol. The van der Waals surface area contributed by atoms with E-state index >= 15 is 0 Å². The van der Waals surface area contributed by atoms with Crippen molar-refractivity contribution in [1.29, 1.82) is 0 Å². The minimum atomic E-state index is -0.192. The largest absolute Gasteiger partial charge is 0.393 e. The highest BCUT2D eigenvalue weighted by Crippen LogP contribution is 2.28. The first-order valence-electron chi connectivity index (χ1n) is 9.26. The Bertz CT molecular complexity index is 274. The van der Waals surface area contributed by atoms with Crippen LogP contribution in [0.3, 0.4) is 0 Å². The van der Waals surface area contributed by atoms with E-state index in [-0.39, 0.29) is 23.0 Å². The van der Waals surface area contributed by atoms with Gasteiger partial charge in [-0.3, -0.25) is 0 Å². The van der Waals surface area contributed by atoms with Crippen molar-refractivity contribution in [3.05, 3.63) is 0 Å². The van der Waals surface area contributed by atoms with E-state index in [9.17, 15) is 10.2 Å². The molecule has 0 fully saturated rings. The standard InChI is InChI=1S/C20H42O2S/c1-15(17(21)13-19(3,4)5)9-11-23-12-10-16(2)18(22)14-20(6,7)8/h15-18,21-22H,9-14H2,1-8H3. The predicted molar refractivity (Wildman–Crippen MR) is 105 cm³/mol. The molecule has 0 saturated heterocycles. The van der Waals surface area contributed by atoms with Crippen molar-refractivity contribution in [3.63, 3.8) is 0 Å². The van der Waals surface area contributed by atoms with E-state index in [4.69, 9.17) is 0 Å². The summed E-state index contributed by atoms with van der Waals surface area (Å²) in [5.41, 5.74) is 0.388. The summed E-state index contributed by atoms with van der Waals surface area (Å²) in [4.78, 5) is 0. The Kier molecular flexibility index (Phi) is 10.4. The highest BCUT2D eigenvalue weighted by Gasteiger charge is 2.22. The number of hydrogen-bond donors (Lipinski definition) is 2. The fourth-order valence-corrected chi connectivity index (χ4v) is 3.96. The molecule has 0 bridgehead atoms. The van der Waals surface area contributed by atoms with Crippen molar-refractivity contribution in [1.82, 2.24) is 0 Å². The van der Waals surface area contributed by atoms with E-state index in [0.717, 1.165) is 37.2 Å². The molecule has 23 heavy (non-hydrogen) atoms. The average Bonchev–Trinajstić information content (AvgIpc) is 2.33. The third-order valence-corrected chi connectivity index (χ3v) is 5.44. The summed E-state index contributed by atoms with van der Waals surface area (Å²) in [6, 6.07) is 0. The Labute approximate surface area is 149 Å². The summed E-state index contributed by atoms with van der Waals surface area (Å²) in [5, 5.41) is 20.5. The maximum atomic E-state index is 10.2. The smallest absolute Gasteiger partial charge is 0.0571 e. The summed E-state index contributed by atoms with van der Waals surface area (Å²) in [7, 11) is 0. The topological polar surface area (TPSA) is 40.5 Å². The molecule has 0 heterocycles. The van der Waals surface area contributed by atoms with Gasteiger partial charge in [0.05, 0.1) is 12.2 Å². The first kappa shape index (κ1) is 23.3. The molecule has 0 aliphatic carbocycles. The molecule has 0 rings (SSSR count). The third-order valence-electron chi connectivity index (χ3n) is 4.39. The zero-order valence-electron chi connectivity index (χ0n) is 16.9. The predicted octanol–water partition coefficient (Wildman–Crippen LogP) is 5.37. The second-order valence-electron chi connectivity index (χ2n) is 9.81. The number of hydrogen-bond acceptors (Lipinski definition) is 3. The molecule has 0 saturated carbocycles. The first-order valence-corrected chi connectivity index (χ1v) is 10.4. The van der Waals surface area contributed by atoms with Crippen molar-refractivity contribution in [2.24, 2.45) is 22.7 Å². The van der Waals surface area contributed by atoms with Gasteiger partial charge in [0.1, 0.15) is 0 Å². The van der Waals surface area contributed by atoms with Crippen LogP contribution in [0.4, 0.5) is 0 Å². The fraction of sp³-hybridized carbons (Fsp3) is 1.00. The van der Waals surface area contributed by atoms with Gasteiger partial charge in [-0.05, 0) is 59.9 Å². The van der Waals surface area contributed by atoms with Crippen molar-refractivity contribution in [3.8, 4) is 0 Å². The van der Waals surface area contributed by atoms with Crippen LogP contribution in [0.15, 0.2) is 0 Å². The minimum absolute atomic E-state index is 0.192. The number of thioether (sulfide) groups is 1. The second kappa shape index (κ2) is 10.3. The molecule has 0 aromatic carbocycles. The molecule has 3 heteroatoms. The lowest BCUT2D eigenvalue weighted by molar-refractivity contribution is 0.0720. The lowest BCUT2D eigenvalue weighted by Crippen LogP contribution is -2.25. The van der Waals surface area contributed by atoms with Gasteiger partial charge in [-0.2, -0.15) is 11.8 Å². The molecule has 0 aromatic rings. The number of rotatable bonds is 10. The number of aliphatic hydroxyl groups excluding tert-OH is 2. The quantitative estimate of drug-likeness (QED) is 0.523. The zero-order valence-corrected chi connectivity index (χ0v) is 17.7. The summed E-state index contributed by atoms with van der Waals surface area (Å²) < 4.78 is 0. The van der Waals surface area contributed by atoms with Crippen LogP contribution in [-0.4, -0.2) is 33.9 Å². The monoisotopic (exact) mass is 346 g/mol. The van der Waals surface area contributed by atoms with E-state index in [0.29, 0.717) is 11.8 Å². The molecule has 4 atom stereocenters. The fourth-order valence-electron chi connectivity index (χ4n) is 2.68. The highest BCUT2D eigenvalue weighted by molar-refractivity contribution is 7.99. The number of aliphatic hydroxyl groups is 2.